The largest absolute Gasteiger partial charge is 0.490 e. The van der Waals surface area contributed by atoms with Gasteiger partial charge in [0.05, 0.1) is 19.8 Å². The van der Waals surface area contributed by atoms with Gasteiger partial charge in [-0.05, 0) is 57.6 Å². The Morgan fingerprint density at radius 2 is 1.64 bits per heavy atom. The van der Waals surface area contributed by atoms with Gasteiger partial charge in [0, 0.05) is 11.6 Å². The van der Waals surface area contributed by atoms with E-state index in [2.05, 4.69) is 19.2 Å². The van der Waals surface area contributed by atoms with E-state index < -0.39 is 0 Å². The predicted octanol–water partition coefficient (Wildman–Crippen LogP) is 4.19. The Morgan fingerprint density at radius 3 is 2.08 bits per heavy atom. The highest BCUT2D eigenvalue weighted by atomic mass is 16.5. The molecule has 1 aliphatic carbocycles. The van der Waals surface area contributed by atoms with Gasteiger partial charge in [-0.1, -0.05) is 13.8 Å². The van der Waals surface area contributed by atoms with E-state index in [1.54, 1.807) is 12.1 Å². The second-order valence-electron chi connectivity index (χ2n) is 7.18. The Hall–Kier alpha value is -1.91. The lowest BCUT2D eigenvalue weighted by Crippen LogP contribution is -2.33. The second-order valence-corrected chi connectivity index (χ2v) is 7.18. The molecule has 5 nitrogen and oxygen atoms in total. The summed E-state index contributed by atoms with van der Waals surface area (Å²) >= 11 is 0. The van der Waals surface area contributed by atoms with Gasteiger partial charge < -0.3 is 19.5 Å². The molecule has 1 unspecified atom stereocenters. The van der Waals surface area contributed by atoms with Crippen LogP contribution < -0.4 is 19.5 Å². The maximum absolute atomic E-state index is 12.7. The highest BCUT2D eigenvalue weighted by molar-refractivity contribution is 5.95. The van der Waals surface area contributed by atoms with Crippen molar-refractivity contribution >= 4 is 5.91 Å². The number of carbonyl (C=O) groups excluding carboxylic acids is 1. The van der Waals surface area contributed by atoms with Gasteiger partial charge in [-0.3, -0.25) is 4.79 Å². The zero-order valence-electron chi connectivity index (χ0n) is 16.1. The molecule has 0 aromatic heterocycles. The van der Waals surface area contributed by atoms with Crippen LogP contribution in [0.1, 0.15) is 64.2 Å². The summed E-state index contributed by atoms with van der Waals surface area (Å²) in [6.45, 7) is 11.7. The van der Waals surface area contributed by atoms with Crippen LogP contribution in [0.2, 0.25) is 0 Å². The average molecular weight is 349 g/mol. The standard InChI is InChI=1S/C20H31NO4/c1-6-23-16-11-14(12-17(24-7-2)18(16)25-8-3)19(22)21-15-9-10-20(4,5)13-15/h11-12,15H,6-10,13H2,1-5H3,(H,21,22). The molecule has 1 N–H and O–H groups in total. The van der Waals surface area contributed by atoms with Crippen LogP contribution >= 0.6 is 0 Å². The molecule has 140 valence electrons. The fraction of sp³-hybridized carbons (Fsp3) is 0.650. The summed E-state index contributed by atoms with van der Waals surface area (Å²) in [5.74, 6) is 1.57. The highest BCUT2D eigenvalue weighted by Gasteiger charge is 2.32. The molecule has 1 aromatic carbocycles. The first-order chi connectivity index (χ1) is 11.9. The molecular weight excluding hydrogens is 318 g/mol. The summed E-state index contributed by atoms with van der Waals surface area (Å²) in [5.41, 5.74) is 0.837. The third-order valence-electron chi connectivity index (χ3n) is 4.48. The van der Waals surface area contributed by atoms with E-state index >= 15 is 0 Å². The van der Waals surface area contributed by atoms with Crippen LogP contribution in [0.15, 0.2) is 12.1 Å². The van der Waals surface area contributed by atoms with Gasteiger partial charge in [-0.2, -0.15) is 0 Å². The van der Waals surface area contributed by atoms with E-state index in [-0.39, 0.29) is 11.9 Å². The molecule has 2 rings (SSSR count). The topological polar surface area (TPSA) is 56.8 Å². The normalized spacial score (nSPS) is 18.7. The summed E-state index contributed by atoms with van der Waals surface area (Å²) in [7, 11) is 0. The van der Waals surface area contributed by atoms with E-state index in [1.165, 1.54) is 0 Å². The maximum atomic E-state index is 12.7. The second kappa shape index (κ2) is 8.45. The molecular formula is C20H31NO4. The Kier molecular flexibility index (Phi) is 6.57. The number of rotatable bonds is 8. The smallest absolute Gasteiger partial charge is 0.251 e. The number of benzene rings is 1. The van der Waals surface area contributed by atoms with Gasteiger partial charge in [0.1, 0.15) is 0 Å². The molecule has 5 heteroatoms. The lowest BCUT2D eigenvalue weighted by molar-refractivity contribution is 0.0935. The van der Waals surface area contributed by atoms with E-state index in [1.807, 2.05) is 20.8 Å². The van der Waals surface area contributed by atoms with Gasteiger partial charge in [0.25, 0.3) is 5.91 Å². The molecule has 0 spiro atoms. The summed E-state index contributed by atoms with van der Waals surface area (Å²) in [5, 5.41) is 3.15. The van der Waals surface area contributed by atoms with Crippen LogP contribution in [-0.2, 0) is 0 Å². The molecule has 1 amide bonds. The van der Waals surface area contributed by atoms with Crippen molar-refractivity contribution in [2.45, 2.75) is 59.9 Å². The number of ether oxygens (including phenoxy) is 3. The fourth-order valence-corrected chi connectivity index (χ4v) is 3.35. The molecule has 1 aromatic rings. The maximum Gasteiger partial charge on any atom is 0.251 e. The number of hydrogen-bond donors (Lipinski definition) is 1. The third kappa shape index (κ3) is 5.03. The SMILES string of the molecule is CCOc1cc(C(=O)NC2CCC(C)(C)C2)cc(OCC)c1OCC. The minimum Gasteiger partial charge on any atom is -0.490 e. The third-order valence-corrected chi connectivity index (χ3v) is 4.48. The first-order valence-electron chi connectivity index (χ1n) is 9.27. The molecule has 25 heavy (non-hydrogen) atoms. The van der Waals surface area contributed by atoms with Crippen molar-refractivity contribution < 1.29 is 19.0 Å². The van der Waals surface area contributed by atoms with Gasteiger partial charge in [0.15, 0.2) is 11.5 Å². The summed E-state index contributed by atoms with van der Waals surface area (Å²) in [4.78, 5) is 12.7. The van der Waals surface area contributed by atoms with Gasteiger partial charge in [-0.25, -0.2) is 0 Å². The molecule has 0 bridgehead atoms. The van der Waals surface area contributed by atoms with Gasteiger partial charge in [0.2, 0.25) is 5.75 Å². The van der Waals surface area contributed by atoms with Crippen molar-refractivity contribution in [3.63, 3.8) is 0 Å². The van der Waals surface area contributed by atoms with Crippen LogP contribution in [0, 0.1) is 5.41 Å². The zero-order valence-corrected chi connectivity index (χ0v) is 16.1. The van der Waals surface area contributed by atoms with Crippen LogP contribution in [0.25, 0.3) is 0 Å². The lowest BCUT2D eigenvalue weighted by atomic mass is 9.92. The van der Waals surface area contributed by atoms with E-state index in [0.717, 1.165) is 19.3 Å². The van der Waals surface area contributed by atoms with Crippen LogP contribution in [-0.4, -0.2) is 31.8 Å². The Balaban J connectivity index is 2.25. The first-order valence-corrected chi connectivity index (χ1v) is 9.27. The average Bonchev–Trinajstić information content (AvgIpc) is 2.89. The zero-order chi connectivity index (χ0) is 18.4. The van der Waals surface area contributed by atoms with Crippen molar-refractivity contribution in [2.75, 3.05) is 19.8 Å². The van der Waals surface area contributed by atoms with Crippen molar-refractivity contribution in [1.29, 1.82) is 0 Å². The monoisotopic (exact) mass is 349 g/mol. The summed E-state index contributed by atoms with van der Waals surface area (Å²) < 4.78 is 17.1. The highest BCUT2D eigenvalue weighted by Crippen LogP contribution is 2.40. The van der Waals surface area contributed by atoms with Crippen LogP contribution in [0.5, 0.6) is 17.2 Å². The number of hydrogen-bond acceptors (Lipinski definition) is 4. The van der Waals surface area contributed by atoms with Gasteiger partial charge in [-0.15, -0.1) is 0 Å². The molecule has 1 fully saturated rings. The van der Waals surface area contributed by atoms with E-state index in [4.69, 9.17) is 14.2 Å². The minimum atomic E-state index is -0.0901. The predicted molar refractivity (Wildman–Crippen MR) is 98.8 cm³/mol. The molecule has 1 saturated carbocycles. The number of nitrogens with one attached hydrogen (secondary N) is 1. The summed E-state index contributed by atoms with van der Waals surface area (Å²) in [6.07, 6.45) is 3.16. The number of carbonyl (C=O) groups is 1. The quantitative estimate of drug-likeness (QED) is 0.764. The Labute approximate surface area is 151 Å². The molecule has 0 aliphatic heterocycles. The molecule has 1 aliphatic rings. The molecule has 0 heterocycles. The first kappa shape index (κ1) is 19.4. The van der Waals surface area contributed by atoms with Crippen molar-refractivity contribution in [3.8, 4) is 17.2 Å². The van der Waals surface area contributed by atoms with Gasteiger partial charge >= 0.3 is 0 Å². The Morgan fingerprint density at radius 1 is 1.08 bits per heavy atom. The van der Waals surface area contributed by atoms with E-state index in [0.29, 0.717) is 48.0 Å². The number of amides is 1. The molecule has 1 atom stereocenters. The lowest BCUT2D eigenvalue weighted by Gasteiger charge is -2.19. The Bertz CT molecular complexity index is 570. The summed E-state index contributed by atoms with van der Waals surface area (Å²) in [6, 6.07) is 3.71. The van der Waals surface area contributed by atoms with Crippen LogP contribution in [0.4, 0.5) is 0 Å². The van der Waals surface area contributed by atoms with Crippen LogP contribution in [0.3, 0.4) is 0 Å². The molecule has 0 saturated heterocycles. The van der Waals surface area contributed by atoms with Crippen molar-refractivity contribution in [3.05, 3.63) is 17.7 Å². The van der Waals surface area contributed by atoms with E-state index in [9.17, 15) is 4.79 Å². The minimum absolute atomic E-state index is 0.0901. The van der Waals surface area contributed by atoms with Crippen molar-refractivity contribution in [1.82, 2.24) is 5.32 Å². The fourth-order valence-electron chi connectivity index (χ4n) is 3.35. The molecule has 0 radical (unpaired) electrons. The van der Waals surface area contributed by atoms with Crippen molar-refractivity contribution in [2.24, 2.45) is 5.41 Å².